The molecule has 2 aliphatic heterocycles. The Bertz CT molecular complexity index is 1840. The maximum atomic E-state index is 12.0. The Balaban J connectivity index is 0.000000195. The number of carbonyl (C=O) groups excluding carboxylic acids is 4. The monoisotopic (exact) mass is 720 g/mol. The predicted molar refractivity (Wildman–Crippen MR) is 192 cm³/mol. The molecule has 2 fully saturated rings. The van der Waals surface area contributed by atoms with Gasteiger partial charge in [0.25, 0.3) is 5.69 Å². The van der Waals surface area contributed by atoms with E-state index in [1.165, 1.54) is 31.3 Å². The molecule has 0 unspecified atom stereocenters. The number of nitro groups is 1. The van der Waals surface area contributed by atoms with E-state index < -0.39 is 17.1 Å². The van der Waals surface area contributed by atoms with Crippen LogP contribution >= 0.6 is 22.7 Å². The van der Waals surface area contributed by atoms with E-state index in [2.05, 4.69) is 10.6 Å². The lowest BCUT2D eigenvalue weighted by molar-refractivity contribution is -0.383. The molecule has 0 bridgehead atoms. The average Bonchev–Trinajstić information content (AvgIpc) is 3.76. The SMILES string of the molecule is CC(=O)N1CC(COC(=O)Nc2cc(-c3cccs3)ccc2N)C1.CC(=O)N1CC(COC(=O)Nc2cc(-c3cccs3)ccc2[N+](=O)[O-])C1. The molecule has 2 saturated heterocycles. The third-order valence-corrected chi connectivity index (χ3v) is 9.87. The fraction of sp³-hybridized carbons (Fsp3) is 0.294. The number of hydrogen-bond acceptors (Lipinski definition) is 11. The highest BCUT2D eigenvalue weighted by molar-refractivity contribution is 7.13. The van der Waals surface area contributed by atoms with Gasteiger partial charge in [0, 0.05) is 67.7 Å². The number of nitro benzene ring substituents is 1. The van der Waals surface area contributed by atoms with E-state index in [1.54, 1.807) is 39.3 Å². The molecule has 0 aliphatic carbocycles. The molecule has 4 N–H and O–H groups in total. The van der Waals surface area contributed by atoms with Gasteiger partial charge in [-0.3, -0.25) is 30.3 Å². The number of anilines is 3. The van der Waals surface area contributed by atoms with Crippen LogP contribution in [0, 0.1) is 22.0 Å². The molecule has 2 aromatic carbocycles. The Kier molecular flexibility index (Phi) is 11.7. The molecule has 2 aromatic heterocycles. The van der Waals surface area contributed by atoms with Crippen LogP contribution in [-0.2, 0) is 19.1 Å². The molecule has 0 spiro atoms. The molecule has 50 heavy (non-hydrogen) atoms. The van der Waals surface area contributed by atoms with Gasteiger partial charge in [-0.1, -0.05) is 18.2 Å². The van der Waals surface area contributed by atoms with Crippen LogP contribution in [0.2, 0.25) is 0 Å². The molecule has 4 amide bonds. The lowest BCUT2D eigenvalue weighted by Crippen LogP contribution is -2.51. The van der Waals surface area contributed by atoms with E-state index in [-0.39, 0.29) is 41.6 Å². The summed E-state index contributed by atoms with van der Waals surface area (Å²) < 4.78 is 10.4. The number of nitrogens with one attached hydrogen (secondary N) is 2. The van der Waals surface area contributed by atoms with Gasteiger partial charge in [-0.25, -0.2) is 9.59 Å². The van der Waals surface area contributed by atoms with Gasteiger partial charge in [0.15, 0.2) is 0 Å². The Hall–Kier alpha value is -5.48. The summed E-state index contributed by atoms with van der Waals surface area (Å²) in [5, 5.41) is 20.2. The minimum Gasteiger partial charge on any atom is -0.449 e. The molecule has 0 saturated carbocycles. The molecule has 2 aliphatic rings. The number of ether oxygens (including phenoxy) is 2. The quantitative estimate of drug-likeness (QED) is 0.100. The zero-order chi connectivity index (χ0) is 35.8. The standard InChI is InChI=1S/C17H17N3O5S.C17H19N3O3S/c1-11(21)19-8-12(9-19)10-25-17(22)18-14-7-13(16-3-2-6-26-16)4-5-15(14)20(23)24;1-11(21)20-8-12(9-20)10-23-17(22)19-15-7-13(4-5-14(15)18)16-3-2-6-24-16/h2-7,12H,8-10H2,1H3,(H,18,22);2-7,12H,8-10,18H2,1H3,(H,19,22). The van der Waals surface area contributed by atoms with E-state index in [1.807, 2.05) is 47.2 Å². The van der Waals surface area contributed by atoms with Crippen LogP contribution in [0.5, 0.6) is 0 Å². The molecular weight excluding hydrogens is 685 g/mol. The van der Waals surface area contributed by atoms with Crippen LogP contribution < -0.4 is 16.4 Å². The molecule has 0 atom stereocenters. The number of likely N-dealkylation sites (tertiary alicyclic amines) is 2. The summed E-state index contributed by atoms with van der Waals surface area (Å²) in [6.45, 7) is 5.86. The number of thiophene rings is 2. The van der Waals surface area contributed by atoms with Crippen LogP contribution in [0.25, 0.3) is 20.9 Å². The Morgan fingerprint density at radius 2 is 1.24 bits per heavy atom. The number of benzene rings is 2. The van der Waals surface area contributed by atoms with Crippen molar-refractivity contribution < 1.29 is 33.6 Å². The topological polar surface area (TPSA) is 186 Å². The van der Waals surface area contributed by atoms with Gasteiger partial charge >= 0.3 is 12.2 Å². The lowest BCUT2D eigenvalue weighted by atomic mass is 10.0. The first-order chi connectivity index (χ1) is 24.0. The normalized spacial score (nSPS) is 14.0. The van der Waals surface area contributed by atoms with Crippen molar-refractivity contribution in [1.82, 2.24) is 9.80 Å². The van der Waals surface area contributed by atoms with Crippen LogP contribution in [0.15, 0.2) is 71.4 Å². The smallest absolute Gasteiger partial charge is 0.411 e. The summed E-state index contributed by atoms with van der Waals surface area (Å²) in [7, 11) is 0. The largest absolute Gasteiger partial charge is 0.449 e. The van der Waals surface area contributed by atoms with Gasteiger partial charge in [-0.2, -0.15) is 0 Å². The molecule has 0 radical (unpaired) electrons. The molecule has 6 rings (SSSR count). The van der Waals surface area contributed by atoms with Crippen molar-refractivity contribution in [2.75, 3.05) is 55.8 Å². The summed E-state index contributed by atoms with van der Waals surface area (Å²) in [5.74, 6) is 0.340. The number of hydrogen-bond donors (Lipinski definition) is 3. The van der Waals surface area contributed by atoms with Crippen LogP contribution in [-0.4, -0.2) is 78.1 Å². The van der Waals surface area contributed by atoms with Crippen molar-refractivity contribution in [3.8, 4) is 20.9 Å². The lowest BCUT2D eigenvalue weighted by Gasteiger charge is -2.38. The number of carbonyl (C=O) groups is 4. The van der Waals surface area contributed by atoms with Gasteiger partial charge in [0.05, 0.1) is 29.5 Å². The first-order valence-electron chi connectivity index (χ1n) is 15.6. The van der Waals surface area contributed by atoms with E-state index >= 15 is 0 Å². The van der Waals surface area contributed by atoms with Gasteiger partial charge in [-0.15, -0.1) is 22.7 Å². The highest BCUT2D eigenvalue weighted by Crippen LogP contribution is 2.33. The summed E-state index contributed by atoms with van der Waals surface area (Å²) >= 11 is 3.12. The summed E-state index contributed by atoms with van der Waals surface area (Å²) in [6.07, 6.45) is -1.29. The average molecular weight is 721 g/mol. The van der Waals surface area contributed by atoms with Crippen LogP contribution in [0.1, 0.15) is 13.8 Å². The number of nitrogens with zero attached hydrogens (tertiary/aromatic N) is 3. The summed E-state index contributed by atoms with van der Waals surface area (Å²) in [6, 6.07) is 17.8. The van der Waals surface area contributed by atoms with Gasteiger partial charge in [0.2, 0.25) is 11.8 Å². The molecule has 14 nitrogen and oxygen atoms in total. The summed E-state index contributed by atoms with van der Waals surface area (Å²) in [4.78, 5) is 62.3. The minimum atomic E-state index is -0.752. The third-order valence-electron chi connectivity index (χ3n) is 8.04. The second kappa shape index (κ2) is 16.3. The van der Waals surface area contributed by atoms with E-state index in [9.17, 15) is 29.3 Å². The highest BCUT2D eigenvalue weighted by Gasteiger charge is 2.30. The van der Waals surface area contributed by atoms with Crippen molar-refractivity contribution >= 4 is 69.4 Å². The van der Waals surface area contributed by atoms with Crippen molar-refractivity contribution in [3.05, 3.63) is 81.5 Å². The predicted octanol–water partition coefficient (Wildman–Crippen LogP) is 6.37. The second-order valence-corrected chi connectivity index (χ2v) is 13.7. The maximum absolute atomic E-state index is 12.0. The third kappa shape index (κ3) is 9.35. The fourth-order valence-corrected chi connectivity index (χ4v) is 6.64. The first-order valence-corrected chi connectivity index (χ1v) is 17.4. The van der Waals surface area contributed by atoms with Crippen LogP contribution in [0.4, 0.5) is 32.3 Å². The zero-order valence-electron chi connectivity index (χ0n) is 27.3. The molecule has 262 valence electrons. The second-order valence-electron chi connectivity index (χ2n) is 11.8. The highest BCUT2D eigenvalue weighted by atomic mass is 32.1. The van der Waals surface area contributed by atoms with E-state index in [0.717, 1.165) is 20.9 Å². The number of nitrogens with two attached hydrogens (primary N) is 1. The molecule has 16 heteroatoms. The van der Waals surface area contributed by atoms with Gasteiger partial charge < -0.3 is 25.0 Å². The van der Waals surface area contributed by atoms with Crippen LogP contribution in [0.3, 0.4) is 0 Å². The summed E-state index contributed by atoms with van der Waals surface area (Å²) in [5.41, 5.74) is 8.60. The number of rotatable bonds is 9. The molecule has 4 aromatic rings. The van der Waals surface area contributed by atoms with E-state index in [4.69, 9.17) is 15.2 Å². The first kappa shape index (κ1) is 35.8. The van der Waals surface area contributed by atoms with Gasteiger partial charge in [-0.05, 0) is 58.3 Å². The molecular formula is C34H36N6O8S2. The molecule has 4 heterocycles. The Morgan fingerprint density at radius 1 is 0.780 bits per heavy atom. The van der Waals surface area contributed by atoms with Gasteiger partial charge in [0.1, 0.15) is 5.69 Å². The van der Waals surface area contributed by atoms with Crippen molar-refractivity contribution in [3.63, 3.8) is 0 Å². The zero-order valence-corrected chi connectivity index (χ0v) is 29.0. The Labute approximate surface area is 295 Å². The minimum absolute atomic E-state index is 0.00767. The number of amides is 4. The van der Waals surface area contributed by atoms with Crippen molar-refractivity contribution in [2.45, 2.75) is 13.8 Å². The maximum Gasteiger partial charge on any atom is 0.411 e. The van der Waals surface area contributed by atoms with Crippen molar-refractivity contribution in [2.24, 2.45) is 11.8 Å². The van der Waals surface area contributed by atoms with Crippen molar-refractivity contribution in [1.29, 1.82) is 0 Å². The van der Waals surface area contributed by atoms with E-state index in [0.29, 0.717) is 44.2 Å². The number of nitrogen functional groups attached to an aromatic ring is 1. The fourth-order valence-electron chi connectivity index (χ4n) is 5.20. The Morgan fingerprint density at radius 3 is 1.68 bits per heavy atom.